The molecule has 0 radical (unpaired) electrons. The Labute approximate surface area is 156 Å². The fourth-order valence-corrected chi connectivity index (χ4v) is 2.69. The lowest BCUT2D eigenvalue weighted by molar-refractivity contribution is 0.0168. The van der Waals surface area contributed by atoms with E-state index in [4.69, 9.17) is 14.2 Å². The van der Waals surface area contributed by atoms with E-state index >= 15 is 0 Å². The molecule has 1 aromatic rings. The van der Waals surface area contributed by atoms with E-state index < -0.39 is 0 Å². The van der Waals surface area contributed by atoms with E-state index in [0.717, 1.165) is 57.1 Å². The molecule has 1 saturated heterocycles. The summed E-state index contributed by atoms with van der Waals surface area (Å²) >= 11 is 0. The molecule has 1 aliphatic heterocycles. The smallest absolute Gasteiger partial charge is 0.218 e. The monoisotopic (exact) mass is 364 g/mol. The summed E-state index contributed by atoms with van der Waals surface area (Å²) in [6, 6.07) is 3.89. The lowest BCUT2D eigenvalue weighted by Gasteiger charge is -2.13. The Morgan fingerprint density at radius 2 is 2.31 bits per heavy atom. The van der Waals surface area contributed by atoms with Gasteiger partial charge in [-0.05, 0) is 39.2 Å². The minimum Gasteiger partial charge on any atom is -0.478 e. The first-order valence-electron chi connectivity index (χ1n) is 9.61. The molecule has 0 aliphatic carbocycles. The first kappa shape index (κ1) is 20.5. The highest BCUT2D eigenvalue weighted by molar-refractivity contribution is 5.79. The van der Waals surface area contributed by atoms with Crippen molar-refractivity contribution in [1.82, 2.24) is 15.6 Å². The van der Waals surface area contributed by atoms with Gasteiger partial charge >= 0.3 is 0 Å². The van der Waals surface area contributed by atoms with Gasteiger partial charge in [-0.15, -0.1) is 0 Å². The summed E-state index contributed by atoms with van der Waals surface area (Å²) < 4.78 is 16.8. The van der Waals surface area contributed by atoms with E-state index in [-0.39, 0.29) is 0 Å². The molecule has 0 aromatic carbocycles. The van der Waals surface area contributed by atoms with Crippen LogP contribution in [0.1, 0.15) is 38.7 Å². The van der Waals surface area contributed by atoms with Crippen molar-refractivity contribution in [2.45, 2.75) is 45.8 Å². The van der Waals surface area contributed by atoms with E-state index in [1.807, 2.05) is 19.1 Å². The molecule has 2 N–H and O–H groups in total. The van der Waals surface area contributed by atoms with Crippen molar-refractivity contribution in [2.75, 3.05) is 39.5 Å². The average molecular weight is 364 g/mol. The molecule has 26 heavy (non-hydrogen) atoms. The maximum absolute atomic E-state index is 5.68. The zero-order chi connectivity index (χ0) is 18.5. The molecule has 0 saturated carbocycles. The van der Waals surface area contributed by atoms with Gasteiger partial charge in [0.05, 0.1) is 25.9 Å². The molecular weight excluding hydrogens is 332 g/mol. The van der Waals surface area contributed by atoms with Gasteiger partial charge < -0.3 is 24.8 Å². The summed E-state index contributed by atoms with van der Waals surface area (Å²) in [5, 5.41) is 6.59. The third-order valence-corrected chi connectivity index (χ3v) is 3.97. The summed E-state index contributed by atoms with van der Waals surface area (Å²) in [4.78, 5) is 8.88. The van der Waals surface area contributed by atoms with Crippen LogP contribution >= 0.6 is 0 Å². The molecule has 146 valence electrons. The summed E-state index contributed by atoms with van der Waals surface area (Å²) in [7, 11) is 0. The van der Waals surface area contributed by atoms with Gasteiger partial charge in [-0.3, -0.25) is 0 Å². The highest BCUT2D eigenvalue weighted by Crippen LogP contribution is 2.15. The number of pyridine rings is 1. The van der Waals surface area contributed by atoms with Crippen LogP contribution in [0.25, 0.3) is 0 Å². The summed E-state index contributed by atoms with van der Waals surface area (Å²) in [5.41, 5.74) is 0.978. The molecule has 1 aromatic heterocycles. The number of hydrogen-bond donors (Lipinski definition) is 2. The van der Waals surface area contributed by atoms with E-state index in [9.17, 15) is 0 Å². The Balaban J connectivity index is 1.70. The number of ether oxygens (including phenoxy) is 3. The molecule has 7 nitrogen and oxygen atoms in total. The Bertz CT molecular complexity index is 533. The zero-order valence-electron chi connectivity index (χ0n) is 16.0. The van der Waals surface area contributed by atoms with Crippen LogP contribution in [-0.4, -0.2) is 56.6 Å². The number of rotatable bonds is 11. The van der Waals surface area contributed by atoms with Gasteiger partial charge in [-0.25, -0.2) is 9.98 Å². The first-order valence-corrected chi connectivity index (χ1v) is 9.61. The lowest BCUT2D eigenvalue weighted by atomic mass is 10.2. The predicted octanol–water partition coefficient (Wildman–Crippen LogP) is 2.12. The van der Waals surface area contributed by atoms with E-state index in [1.54, 1.807) is 6.20 Å². The quantitative estimate of drug-likeness (QED) is 0.356. The largest absolute Gasteiger partial charge is 0.478 e. The maximum Gasteiger partial charge on any atom is 0.218 e. The van der Waals surface area contributed by atoms with Crippen molar-refractivity contribution in [2.24, 2.45) is 4.99 Å². The third kappa shape index (κ3) is 7.58. The second kappa shape index (κ2) is 12.5. The van der Waals surface area contributed by atoms with Gasteiger partial charge in [0.15, 0.2) is 5.96 Å². The number of aromatic nitrogens is 1. The van der Waals surface area contributed by atoms with E-state index in [0.29, 0.717) is 31.7 Å². The van der Waals surface area contributed by atoms with E-state index in [2.05, 4.69) is 27.5 Å². The van der Waals surface area contributed by atoms with Gasteiger partial charge in [0.25, 0.3) is 0 Å². The van der Waals surface area contributed by atoms with Gasteiger partial charge in [0, 0.05) is 38.1 Å². The molecule has 1 aliphatic rings. The van der Waals surface area contributed by atoms with Crippen molar-refractivity contribution in [3.63, 3.8) is 0 Å². The van der Waals surface area contributed by atoms with Crippen LogP contribution < -0.4 is 15.4 Å². The molecule has 1 fully saturated rings. The number of aliphatic imine (C=N–C) groups is 1. The van der Waals surface area contributed by atoms with Gasteiger partial charge in [0.2, 0.25) is 5.88 Å². The van der Waals surface area contributed by atoms with Crippen LogP contribution in [0.5, 0.6) is 5.88 Å². The van der Waals surface area contributed by atoms with Crippen LogP contribution in [-0.2, 0) is 16.0 Å². The van der Waals surface area contributed by atoms with Crippen molar-refractivity contribution in [3.8, 4) is 5.88 Å². The fraction of sp³-hybridized carbons (Fsp3) is 0.684. The van der Waals surface area contributed by atoms with Crippen LogP contribution in [0.3, 0.4) is 0 Å². The van der Waals surface area contributed by atoms with Gasteiger partial charge in [0.1, 0.15) is 0 Å². The molecule has 1 unspecified atom stereocenters. The minimum atomic E-state index is 0.292. The van der Waals surface area contributed by atoms with Crippen LogP contribution in [0.2, 0.25) is 0 Å². The van der Waals surface area contributed by atoms with Crippen LogP contribution in [0, 0.1) is 0 Å². The van der Waals surface area contributed by atoms with Gasteiger partial charge in [-0.1, -0.05) is 6.07 Å². The summed E-state index contributed by atoms with van der Waals surface area (Å²) in [5.74, 6) is 1.44. The first-order chi connectivity index (χ1) is 12.8. The fourth-order valence-electron chi connectivity index (χ4n) is 2.69. The lowest BCUT2D eigenvalue weighted by Crippen LogP contribution is -2.38. The van der Waals surface area contributed by atoms with Crippen molar-refractivity contribution < 1.29 is 14.2 Å². The molecule has 0 bridgehead atoms. The molecule has 2 rings (SSSR count). The second-order valence-corrected chi connectivity index (χ2v) is 6.09. The second-order valence-electron chi connectivity index (χ2n) is 6.09. The standard InChI is InChI=1S/C19H32N4O3/c1-3-20-19(22-11-7-12-24-15-17-9-6-13-26-17)23-14-16-8-5-10-21-18(16)25-4-2/h5,8,10,17H,3-4,6-7,9,11-15H2,1-2H3,(H2,20,22,23). The summed E-state index contributed by atoms with van der Waals surface area (Å²) in [6.07, 6.45) is 5.22. The zero-order valence-corrected chi connectivity index (χ0v) is 16.0. The number of hydrogen-bond acceptors (Lipinski definition) is 5. The predicted molar refractivity (Wildman–Crippen MR) is 103 cm³/mol. The highest BCUT2D eigenvalue weighted by Gasteiger charge is 2.14. The Kier molecular flexibility index (Phi) is 9.82. The van der Waals surface area contributed by atoms with Crippen molar-refractivity contribution >= 4 is 5.96 Å². The Morgan fingerprint density at radius 1 is 1.38 bits per heavy atom. The topological polar surface area (TPSA) is 77.0 Å². The molecule has 2 heterocycles. The molecule has 0 amide bonds. The molecule has 0 spiro atoms. The number of guanidine groups is 1. The third-order valence-electron chi connectivity index (χ3n) is 3.97. The average Bonchev–Trinajstić information content (AvgIpc) is 3.17. The van der Waals surface area contributed by atoms with Crippen molar-refractivity contribution in [1.29, 1.82) is 0 Å². The molecule has 1 atom stereocenters. The SMILES string of the molecule is CCNC(=NCc1cccnc1OCC)NCCCOCC1CCCO1. The Morgan fingerprint density at radius 3 is 3.08 bits per heavy atom. The van der Waals surface area contributed by atoms with Gasteiger partial charge in [-0.2, -0.15) is 0 Å². The van der Waals surface area contributed by atoms with Crippen molar-refractivity contribution in [3.05, 3.63) is 23.9 Å². The molecule has 7 heteroatoms. The maximum atomic E-state index is 5.68. The minimum absolute atomic E-state index is 0.292. The highest BCUT2D eigenvalue weighted by atomic mass is 16.5. The number of nitrogens with one attached hydrogen (secondary N) is 2. The molecular formula is C19H32N4O3. The Hall–Kier alpha value is -1.86. The number of nitrogens with zero attached hydrogens (tertiary/aromatic N) is 2. The van der Waals surface area contributed by atoms with Crippen LogP contribution in [0.15, 0.2) is 23.3 Å². The van der Waals surface area contributed by atoms with E-state index in [1.165, 1.54) is 0 Å². The normalized spacial score (nSPS) is 17.3. The van der Waals surface area contributed by atoms with Crippen LogP contribution in [0.4, 0.5) is 0 Å². The summed E-state index contributed by atoms with van der Waals surface area (Å²) in [6.45, 7) is 9.05.